The highest BCUT2D eigenvalue weighted by Gasteiger charge is 2.17. The van der Waals surface area contributed by atoms with E-state index < -0.39 is 12.2 Å². The van der Waals surface area contributed by atoms with Gasteiger partial charge in [-0.3, -0.25) is 0 Å². The zero-order valence-corrected chi connectivity index (χ0v) is 7.81. The van der Waals surface area contributed by atoms with Crippen LogP contribution in [0.5, 0.6) is 0 Å². The van der Waals surface area contributed by atoms with Crippen LogP contribution in [0, 0.1) is 0 Å². The van der Waals surface area contributed by atoms with Gasteiger partial charge in [0.05, 0.1) is 17.1 Å². The number of aromatic nitrogens is 2. The van der Waals surface area contributed by atoms with Crippen LogP contribution in [0.25, 0.3) is 11.0 Å². The summed E-state index contributed by atoms with van der Waals surface area (Å²) in [7, 11) is 0. The zero-order chi connectivity index (χ0) is 10.1. The molecule has 0 spiro atoms. The third kappa shape index (κ3) is 1.49. The van der Waals surface area contributed by atoms with E-state index in [0.717, 1.165) is 11.0 Å². The van der Waals surface area contributed by atoms with Crippen molar-refractivity contribution < 1.29 is 10.2 Å². The summed E-state index contributed by atoms with van der Waals surface area (Å²) in [5, 5.41) is 18.7. The Kier molecular flexibility index (Phi) is 2.23. The van der Waals surface area contributed by atoms with Crippen LogP contribution in [0.15, 0.2) is 24.3 Å². The monoisotopic (exact) mass is 192 g/mol. The molecule has 0 saturated heterocycles. The molecule has 0 saturated carbocycles. The topological polar surface area (TPSA) is 69.1 Å². The number of hydrogen-bond donors (Lipinski definition) is 3. The molecule has 2 aromatic rings. The van der Waals surface area contributed by atoms with Crippen molar-refractivity contribution in [3.63, 3.8) is 0 Å². The molecule has 1 aromatic heterocycles. The molecule has 4 nitrogen and oxygen atoms in total. The van der Waals surface area contributed by atoms with Gasteiger partial charge < -0.3 is 15.2 Å². The highest BCUT2D eigenvalue weighted by atomic mass is 16.3. The molecule has 1 aromatic carbocycles. The second kappa shape index (κ2) is 3.40. The maximum absolute atomic E-state index is 9.56. The van der Waals surface area contributed by atoms with Crippen molar-refractivity contribution in [3.8, 4) is 0 Å². The fourth-order valence-electron chi connectivity index (χ4n) is 1.34. The Morgan fingerprint density at radius 1 is 1.29 bits per heavy atom. The number of para-hydroxylation sites is 2. The van der Waals surface area contributed by atoms with E-state index in [2.05, 4.69) is 9.97 Å². The Bertz CT molecular complexity index is 403. The minimum absolute atomic E-state index is 0.404. The molecule has 0 aliphatic carbocycles. The highest BCUT2D eigenvalue weighted by molar-refractivity contribution is 5.74. The van der Waals surface area contributed by atoms with E-state index >= 15 is 0 Å². The number of aliphatic hydroxyl groups excluding tert-OH is 2. The van der Waals surface area contributed by atoms with Crippen LogP contribution in [0.1, 0.15) is 18.9 Å². The quantitative estimate of drug-likeness (QED) is 0.664. The van der Waals surface area contributed by atoms with E-state index in [4.69, 9.17) is 0 Å². The SMILES string of the molecule is CC(O)C(O)c1nc2ccccc2[nH]1. The number of nitrogens with one attached hydrogen (secondary N) is 1. The molecule has 0 aliphatic heterocycles. The number of rotatable bonds is 2. The third-order valence-electron chi connectivity index (χ3n) is 2.14. The molecule has 14 heavy (non-hydrogen) atoms. The number of H-pyrrole nitrogens is 1. The summed E-state index contributed by atoms with van der Waals surface area (Å²) in [5.74, 6) is 0.404. The first-order chi connectivity index (χ1) is 6.68. The minimum atomic E-state index is -0.956. The Morgan fingerprint density at radius 2 is 2.00 bits per heavy atom. The predicted molar refractivity (Wildman–Crippen MR) is 52.7 cm³/mol. The summed E-state index contributed by atoms with van der Waals surface area (Å²) in [6.45, 7) is 1.53. The van der Waals surface area contributed by atoms with Gasteiger partial charge in [-0.25, -0.2) is 4.98 Å². The maximum atomic E-state index is 9.56. The fraction of sp³-hybridized carbons (Fsp3) is 0.300. The average molecular weight is 192 g/mol. The highest BCUT2D eigenvalue weighted by Crippen LogP contribution is 2.17. The van der Waals surface area contributed by atoms with Crippen LogP contribution in [-0.2, 0) is 0 Å². The maximum Gasteiger partial charge on any atom is 0.138 e. The van der Waals surface area contributed by atoms with Gasteiger partial charge in [0.1, 0.15) is 11.9 Å². The van der Waals surface area contributed by atoms with E-state index in [1.165, 1.54) is 6.92 Å². The summed E-state index contributed by atoms with van der Waals surface area (Å²) in [4.78, 5) is 7.12. The number of nitrogens with zero attached hydrogens (tertiary/aromatic N) is 1. The smallest absolute Gasteiger partial charge is 0.138 e. The minimum Gasteiger partial charge on any atom is -0.390 e. The number of fused-ring (bicyclic) bond motifs is 1. The molecule has 0 bridgehead atoms. The van der Waals surface area contributed by atoms with E-state index in [1.54, 1.807) is 0 Å². The van der Waals surface area contributed by atoms with Gasteiger partial charge in [0, 0.05) is 0 Å². The normalized spacial score (nSPS) is 15.6. The average Bonchev–Trinajstić information content (AvgIpc) is 2.59. The van der Waals surface area contributed by atoms with Gasteiger partial charge in [-0.15, -0.1) is 0 Å². The summed E-state index contributed by atoms with van der Waals surface area (Å²) < 4.78 is 0. The number of benzene rings is 1. The summed E-state index contributed by atoms with van der Waals surface area (Å²) in [6, 6.07) is 7.49. The van der Waals surface area contributed by atoms with Gasteiger partial charge in [0.25, 0.3) is 0 Å². The standard InChI is InChI=1S/C10H12N2O2/c1-6(13)9(14)10-11-7-4-2-3-5-8(7)12-10/h2-6,9,13-14H,1H3,(H,11,12). The van der Waals surface area contributed by atoms with Crippen molar-refractivity contribution >= 4 is 11.0 Å². The molecule has 0 radical (unpaired) electrons. The zero-order valence-electron chi connectivity index (χ0n) is 7.81. The van der Waals surface area contributed by atoms with Crippen LogP contribution in [0.4, 0.5) is 0 Å². The van der Waals surface area contributed by atoms with Crippen molar-refractivity contribution in [1.82, 2.24) is 9.97 Å². The van der Waals surface area contributed by atoms with Crippen molar-refractivity contribution in [2.75, 3.05) is 0 Å². The van der Waals surface area contributed by atoms with Gasteiger partial charge in [0.2, 0.25) is 0 Å². The van der Waals surface area contributed by atoms with Crippen molar-refractivity contribution in [2.24, 2.45) is 0 Å². The first-order valence-electron chi connectivity index (χ1n) is 4.49. The van der Waals surface area contributed by atoms with E-state index in [1.807, 2.05) is 24.3 Å². The summed E-state index contributed by atoms with van der Waals surface area (Å²) in [6.07, 6.45) is -1.78. The van der Waals surface area contributed by atoms with Crippen LogP contribution in [0.2, 0.25) is 0 Å². The Hall–Kier alpha value is -1.39. The molecule has 4 heteroatoms. The molecule has 74 valence electrons. The predicted octanol–water partition coefficient (Wildman–Crippen LogP) is 0.977. The van der Waals surface area contributed by atoms with Gasteiger partial charge >= 0.3 is 0 Å². The molecule has 1 heterocycles. The fourth-order valence-corrected chi connectivity index (χ4v) is 1.34. The Balaban J connectivity index is 2.45. The molecule has 2 atom stereocenters. The Labute approximate surface area is 81.2 Å². The van der Waals surface area contributed by atoms with Crippen LogP contribution < -0.4 is 0 Å². The Morgan fingerprint density at radius 3 is 2.64 bits per heavy atom. The van der Waals surface area contributed by atoms with Gasteiger partial charge in [-0.2, -0.15) is 0 Å². The first kappa shape index (κ1) is 9.18. The van der Waals surface area contributed by atoms with Crippen molar-refractivity contribution in [1.29, 1.82) is 0 Å². The van der Waals surface area contributed by atoms with Gasteiger partial charge in [-0.05, 0) is 19.1 Å². The van der Waals surface area contributed by atoms with E-state index in [-0.39, 0.29) is 0 Å². The van der Waals surface area contributed by atoms with Crippen molar-refractivity contribution in [3.05, 3.63) is 30.1 Å². The lowest BCUT2D eigenvalue weighted by atomic mass is 10.2. The molecule has 0 fully saturated rings. The largest absolute Gasteiger partial charge is 0.390 e. The lowest BCUT2D eigenvalue weighted by molar-refractivity contribution is 0.0256. The number of imidazole rings is 1. The molecule has 0 amide bonds. The van der Waals surface area contributed by atoms with Gasteiger partial charge in [0.15, 0.2) is 0 Å². The molecule has 2 unspecified atom stereocenters. The second-order valence-electron chi connectivity index (χ2n) is 3.32. The molecular weight excluding hydrogens is 180 g/mol. The van der Waals surface area contributed by atoms with E-state index in [0.29, 0.717) is 5.82 Å². The van der Waals surface area contributed by atoms with E-state index in [9.17, 15) is 10.2 Å². The lowest BCUT2D eigenvalue weighted by Crippen LogP contribution is -2.14. The summed E-state index contributed by atoms with van der Waals surface area (Å²) >= 11 is 0. The summed E-state index contributed by atoms with van der Waals surface area (Å²) in [5.41, 5.74) is 1.66. The van der Waals surface area contributed by atoms with Crippen molar-refractivity contribution in [2.45, 2.75) is 19.1 Å². The number of aromatic amines is 1. The van der Waals surface area contributed by atoms with Crippen LogP contribution in [-0.4, -0.2) is 26.3 Å². The van der Waals surface area contributed by atoms with Gasteiger partial charge in [-0.1, -0.05) is 12.1 Å². The second-order valence-corrected chi connectivity index (χ2v) is 3.32. The molecular formula is C10H12N2O2. The first-order valence-corrected chi connectivity index (χ1v) is 4.49. The number of hydrogen-bond acceptors (Lipinski definition) is 3. The third-order valence-corrected chi connectivity index (χ3v) is 2.14. The molecule has 3 N–H and O–H groups in total. The van der Waals surface area contributed by atoms with Crippen LogP contribution in [0.3, 0.4) is 0 Å². The number of aliphatic hydroxyl groups is 2. The molecule has 0 aliphatic rings. The van der Waals surface area contributed by atoms with Crippen LogP contribution >= 0.6 is 0 Å². The lowest BCUT2D eigenvalue weighted by Gasteiger charge is -2.09. The molecule has 2 rings (SSSR count).